The largest absolute Gasteiger partial charge is 0.379 e. The Morgan fingerprint density at radius 2 is 2.00 bits per heavy atom. The number of hydrogen-bond donors (Lipinski definition) is 2. The van der Waals surface area contributed by atoms with Crippen molar-refractivity contribution in [3.8, 4) is 6.07 Å². The molecule has 0 saturated carbocycles. The summed E-state index contributed by atoms with van der Waals surface area (Å²) in [7, 11) is 0. The normalized spacial score (nSPS) is 11.1. The van der Waals surface area contributed by atoms with Crippen LogP contribution in [0, 0.1) is 11.3 Å². The van der Waals surface area contributed by atoms with Gasteiger partial charge in [0.2, 0.25) is 0 Å². The van der Waals surface area contributed by atoms with E-state index in [9.17, 15) is 10.1 Å². The summed E-state index contributed by atoms with van der Waals surface area (Å²) in [6.07, 6.45) is 3.12. The molecule has 6 nitrogen and oxygen atoms in total. The maximum absolute atomic E-state index is 12.4. The minimum Gasteiger partial charge on any atom is -0.379 e. The lowest BCUT2D eigenvalue weighted by molar-refractivity contribution is 0.102. The highest BCUT2D eigenvalue weighted by atomic mass is 79.9. The van der Waals surface area contributed by atoms with Crippen LogP contribution in [0.4, 0.5) is 11.4 Å². The van der Waals surface area contributed by atoms with Gasteiger partial charge in [-0.15, -0.1) is 0 Å². The first-order chi connectivity index (χ1) is 12.8. The fourth-order valence-electron chi connectivity index (χ4n) is 2.62. The molecule has 3 aromatic rings. The summed E-state index contributed by atoms with van der Waals surface area (Å²) in [4.78, 5) is 20.9. The van der Waals surface area contributed by atoms with Crippen LogP contribution in [0.2, 0.25) is 0 Å². The highest BCUT2D eigenvalue weighted by molar-refractivity contribution is 9.10. The van der Waals surface area contributed by atoms with Gasteiger partial charge in [-0.1, -0.05) is 6.07 Å². The van der Waals surface area contributed by atoms with Gasteiger partial charge in [-0.3, -0.25) is 14.8 Å². The number of fused-ring (bicyclic) bond motifs is 1. The third kappa shape index (κ3) is 4.23. The first-order valence-corrected chi connectivity index (χ1v) is 9.11. The minimum absolute atomic E-state index is 0.250. The Morgan fingerprint density at radius 1 is 1.22 bits per heavy atom. The Labute approximate surface area is 165 Å². The zero-order valence-corrected chi connectivity index (χ0v) is 16.8. The number of benzene rings is 1. The van der Waals surface area contributed by atoms with E-state index in [2.05, 4.69) is 42.6 Å². The van der Waals surface area contributed by atoms with Crippen LogP contribution in [0.25, 0.3) is 10.9 Å². The molecule has 0 unspecified atom stereocenters. The minimum atomic E-state index is -0.309. The zero-order chi connectivity index (χ0) is 19.6. The summed E-state index contributed by atoms with van der Waals surface area (Å²) in [5.74, 6) is -0.309. The van der Waals surface area contributed by atoms with E-state index in [-0.39, 0.29) is 11.4 Å². The lowest BCUT2D eigenvalue weighted by Crippen LogP contribution is -2.26. The maximum Gasteiger partial charge on any atom is 0.274 e. The van der Waals surface area contributed by atoms with Gasteiger partial charge in [-0.2, -0.15) is 5.26 Å². The Bertz CT molecular complexity index is 1050. The number of aromatic nitrogens is 2. The Morgan fingerprint density at radius 3 is 2.63 bits per heavy atom. The molecule has 7 heteroatoms. The third-order valence-electron chi connectivity index (χ3n) is 3.70. The van der Waals surface area contributed by atoms with E-state index >= 15 is 0 Å². The average molecular weight is 424 g/mol. The molecule has 0 saturated heterocycles. The van der Waals surface area contributed by atoms with Gasteiger partial charge in [0.1, 0.15) is 11.8 Å². The fraction of sp³-hybridized carbons (Fsp3) is 0.200. The van der Waals surface area contributed by atoms with Gasteiger partial charge in [-0.05, 0) is 61.0 Å². The molecule has 0 radical (unpaired) electrons. The first kappa shape index (κ1) is 18.8. The molecule has 2 aromatic heterocycles. The number of pyridine rings is 2. The second-order valence-electron chi connectivity index (χ2n) is 7.06. The van der Waals surface area contributed by atoms with Crippen LogP contribution in [0.1, 0.15) is 36.8 Å². The Hall–Kier alpha value is -2.98. The van der Waals surface area contributed by atoms with Gasteiger partial charge in [0.15, 0.2) is 0 Å². The van der Waals surface area contributed by atoms with E-state index in [0.29, 0.717) is 28.1 Å². The monoisotopic (exact) mass is 423 g/mol. The molecule has 0 atom stereocenters. The van der Waals surface area contributed by atoms with Crippen LogP contribution in [0.15, 0.2) is 47.2 Å². The van der Waals surface area contributed by atoms with Crippen molar-refractivity contribution in [2.45, 2.75) is 26.3 Å². The smallest absolute Gasteiger partial charge is 0.274 e. The molecule has 0 fully saturated rings. The number of nitrogens with one attached hydrogen (secondary N) is 2. The topological polar surface area (TPSA) is 90.7 Å². The predicted molar refractivity (Wildman–Crippen MR) is 110 cm³/mol. The van der Waals surface area contributed by atoms with Crippen molar-refractivity contribution in [1.29, 1.82) is 5.26 Å². The second-order valence-corrected chi connectivity index (χ2v) is 7.91. The number of anilines is 2. The number of carbonyl (C=O) groups is 1. The molecule has 0 aliphatic heterocycles. The summed E-state index contributed by atoms with van der Waals surface area (Å²) >= 11 is 3.51. The number of rotatable bonds is 3. The molecule has 1 aromatic carbocycles. The van der Waals surface area contributed by atoms with Crippen molar-refractivity contribution in [3.05, 3.63) is 58.5 Å². The standard InChI is InChI=1S/C20H18BrN5O/c1-20(2,3)26-17-12(10-22)11-24-18-14(17)8-13(9-15(18)21)25-19(27)16-6-4-5-7-23-16/h4-9,11H,1-3H3,(H,24,26)(H,25,27). The lowest BCUT2D eigenvalue weighted by atomic mass is 10.0. The summed E-state index contributed by atoms with van der Waals surface area (Å²) in [6.45, 7) is 6.05. The van der Waals surface area contributed by atoms with Crippen molar-refractivity contribution in [2.24, 2.45) is 0 Å². The number of carbonyl (C=O) groups excluding carboxylic acids is 1. The van der Waals surface area contributed by atoms with Crippen LogP contribution < -0.4 is 10.6 Å². The van der Waals surface area contributed by atoms with Gasteiger partial charge in [0.25, 0.3) is 5.91 Å². The Kier molecular flexibility index (Phi) is 5.10. The summed E-state index contributed by atoms with van der Waals surface area (Å²) in [6, 6.07) is 10.9. The van der Waals surface area contributed by atoms with Crippen LogP contribution in [0.3, 0.4) is 0 Å². The van der Waals surface area contributed by atoms with Crippen molar-refractivity contribution in [3.63, 3.8) is 0 Å². The molecule has 2 N–H and O–H groups in total. The number of halogens is 1. The van der Waals surface area contributed by atoms with E-state index in [1.54, 1.807) is 36.7 Å². The van der Waals surface area contributed by atoms with Crippen LogP contribution in [0.5, 0.6) is 0 Å². The van der Waals surface area contributed by atoms with Gasteiger partial charge in [0, 0.05) is 33.5 Å². The summed E-state index contributed by atoms with van der Waals surface area (Å²) in [5.41, 5.74) is 2.49. The van der Waals surface area contributed by atoms with E-state index in [0.717, 1.165) is 9.86 Å². The maximum atomic E-state index is 12.4. The van der Waals surface area contributed by atoms with E-state index in [1.165, 1.54) is 0 Å². The predicted octanol–water partition coefficient (Wildman–Crippen LogP) is 4.73. The van der Waals surface area contributed by atoms with E-state index in [4.69, 9.17) is 0 Å². The van der Waals surface area contributed by atoms with E-state index < -0.39 is 0 Å². The van der Waals surface area contributed by atoms with Gasteiger partial charge >= 0.3 is 0 Å². The molecule has 0 aliphatic rings. The highest BCUT2D eigenvalue weighted by Gasteiger charge is 2.18. The van der Waals surface area contributed by atoms with Gasteiger partial charge < -0.3 is 10.6 Å². The third-order valence-corrected chi connectivity index (χ3v) is 4.31. The average Bonchev–Trinajstić information content (AvgIpc) is 2.62. The lowest BCUT2D eigenvalue weighted by Gasteiger charge is -2.24. The SMILES string of the molecule is CC(C)(C)Nc1c(C#N)cnc2c(Br)cc(NC(=O)c3ccccn3)cc12. The van der Waals surface area contributed by atoms with Gasteiger partial charge in [0.05, 0.1) is 16.8 Å². The molecule has 2 heterocycles. The molecule has 0 bridgehead atoms. The van der Waals surface area contributed by atoms with Crippen LogP contribution in [-0.2, 0) is 0 Å². The molecule has 1 amide bonds. The van der Waals surface area contributed by atoms with Gasteiger partial charge in [-0.25, -0.2) is 0 Å². The fourth-order valence-corrected chi connectivity index (χ4v) is 3.18. The molecule has 136 valence electrons. The molecule has 27 heavy (non-hydrogen) atoms. The van der Waals surface area contributed by atoms with Crippen molar-refractivity contribution in [2.75, 3.05) is 10.6 Å². The molecule has 0 aliphatic carbocycles. The molecule has 3 rings (SSSR count). The van der Waals surface area contributed by atoms with Crippen molar-refractivity contribution in [1.82, 2.24) is 9.97 Å². The van der Waals surface area contributed by atoms with Crippen molar-refractivity contribution < 1.29 is 4.79 Å². The van der Waals surface area contributed by atoms with Crippen LogP contribution in [-0.4, -0.2) is 21.4 Å². The molecular weight excluding hydrogens is 406 g/mol. The second kappa shape index (κ2) is 7.33. The van der Waals surface area contributed by atoms with Crippen LogP contribution >= 0.6 is 15.9 Å². The number of hydrogen-bond acceptors (Lipinski definition) is 5. The number of nitrogens with zero attached hydrogens (tertiary/aromatic N) is 3. The number of nitriles is 1. The summed E-state index contributed by atoms with van der Waals surface area (Å²) in [5, 5.41) is 16.5. The zero-order valence-electron chi connectivity index (χ0n) is 15.2. The highest BCUT2D eigenvalue weighted by Crippen LogP contribution is 2.34. The molecule has 0 spiro atoms. The quantitative estimate of drug-likeness (QED) is 0.635. The van der Waals surface area contributed by atoms with E-state index in [1.807, 2.05) is 26.8 Å². The van der Waals surface area contributed by atoms with Crippen molar-refractivity contribution >= 4 is 44.1 Å². The number of amides is 1. The Balaban J connectivity index is 2.10. The molecular formula is C20H18BrN5O. The summed E-state index contributed by atoms with van der Waals surface area (Å²) < 4.78 is 0.720. The first-order valence-electron chi connectivity index (χ1n) is 8.31.